The van der Waals surface area contributed by atoms with E-state index in [1.54, 1.807) is 30.3 Å². The Kier molecular flexibility index (Phi) is 6.54. The van der Waals surface area contributed by atoms with Gasteiger partial charge in [-0.05, 0) is 49.2 Å². The number of rotatable bonds is 6. The molecule has 2 aromatic rings. The van der Waals surface area contributed by atoms with Crippen molar-refractivity contribution in [3.63, 3.8) is 0 Å². The molecule has 2 rings (SSSR count). The number of carbonyl (C=O) groups excluding carboxylic acids is 3. The van der Waals surface area contributed by atoms with Crippen molar-refractivity contribution in [1.82, 2.24) is 0 Å². The van der Waals surface area contributed by atoms with Gasteiger partial charge in [0.2, 0.25) is 11.8 Å². The van der Waals surface area contributed by atoms with Crippen LogP contribution in [0.2, 0.25) is 0 Å². The first kappa shape index (κ1) is 20.0. The van der Waals surface area contributed by atoms with Gasteiger partial charge in [0, 0.05) is 24.0 Å². The zero-order valence-electron chi connectivity index (χ0n) is 15.8. The molecule has 0 aliphatic heterocycles. The zero-order chi connectivity index (χ0) is 20.0. The van der Waals surface area contributed by atoms with Gasteiger partial charge >= 0.3 is 5.97 Å². The molecule has 0 aliphatic rings. The topological polar surface area (TPSA) is 96.5 Å². The molecule has 0 bridgehead atoms. The molecule has 142 valence electrons. The number of nitrogens with one attached hydrogen (secondary N) is 3. The number of anilines is 3. The third kappa shape index (κ3) is 5.57. The van der Waals surface area contributed by atoms with Crippen LogP contribution in [-0.2, 0) is 14.3 Å². The van der Waals surface area contributed by atoms with Crippen LogP contribution in [0.5, 0.6) is 0 Å². The highest BCUT2D eigenvalue weighted by Crippen LogP contribution is 2.21. The molecule has 0 radical (unpaired) electrons. The first-order valence-corrected chi connectivity index (χ1v) is 8.41. The summed E-state index contributed by atoms with van der Waals surface area (Å²) < 4.78 is 4.70. The molecule has 2 aromatic carbocycles. The van der Waals surface area contributed by atoms with Gasteiger partial charge in [0.15, 0.2) is 0 Å². The third-order valence-corrected chi connectivity index (χ3v) is 3.93. The Morgan fingerprint density at radius 1 is 0.926 bits per heavy atom. The monoisotopic (exact) mass is 369 g/mol. The van der Waals surface area contributed by atoms with Crippen LogP contribution in [0.4, 0.5) is 17.1 Å². The molecule has 0 aliphatic carbocycles. The second-order valence-electron chi connectivity index (χ2n) is 6.13. The van der Waals surface area contributed by atoms with Crippen LogP contribution in [0.25, 0.3) is 0 Å². The Labute approximate surface area is 158 Å². The third-order valence-electron chi connectivity index (χ3n) is 3.93. The molecular formula is C20H23N3O4. The Balaban J connectivity index is 2.05. The summed E-state index contributed by atoms with van der Waals surface area (Å²) in [6, 6.07) is 10.4. The minimum Gasteiger partial charge on any atom is -0.465 e. The molecule has 0 unspecified atom stereocenters. The van der Waals surface area contributed by atoms with Gasteiger partial charge in [-0.3, -0.25) is 9.59 Å². The zero-order valence-corrected chi connectivity index (χ0v) is 15.8. The second-order valence-corrected chi connectivity index (χ2v) is 6.13. The largest absolute Gasteiger partial charge is 0.465 e. The number of benzene rings is 2. The standard InChI is InChI=1S/C20H23N3O4/c1-12-6-8-16(22-14(3)24)10-17(12)21-11-19(25)23-18-9-15(20(26)27-4)7-5-13(18)2/h5-10,21H,11H2,1-4H3,(H,22,24)(H,23,25). The van der Waals surface area contributed by atoms with Gasteiger partial charge in [-0.15, -0.1) is 0 Å². The van der Waals surface area contributed by atoms with Crippen LogP contribution >= 0.6 is 0 Å². The maximum Gasteiger partial charge on any atom is 0.337 e. The van der Waals surface area contributed by atoms with Crippen molar-refractivity contribution in [2.45, 2.75) is 20.8 Å². The molecule has 0 atom stereocenters. The molecule has 7 heteroatoms. The van der Waals surface area contributed by atoms with Crippen LogP contribution < -0.4 is 16.0 Å². The van der Waals surface area contributed by atoms with Gasteiger partial charge in [-0.25, -0.2) is 4.79 Å². The smallest absolute Gasteiger partial charge is 0.337 e. The lowest BCUT2D eigenvalue weighted by Gasteiger charge is -2.13. The van der Waals surface area contributed by atoms with Crippen LogP contribution in [0.3, 0.4) is 0 Å². The van der Waals surface area contributed by atoms with Crippen LogP contribution in [0.1, 0.15) is 28.4 Å². The minimum atomic E-state index is -0.464. The van der Waals surface area contributed by atoms with Gasteiger partial charge in [0.1, 0.15) is 0 Å². The molecule has 0 saturated heterocycles. The fourth-order valence-corrected chi connectivity index (χ4v) is 2.46. The maximum atomic E-state index is 12.3. The second kappa shape index (κ2) is 8.84. The van der Waals surface area contributed by atoms with E-state index in [0.717, 1.165) is 16.8 Å². The van der Waals surface area contributed by atoms with Crippen molar-refractivity contribution in [1.29, 1.82) is 0 Å². The van der Waals surface area contributed by atoms with Crippen LogP contribution in [0.15, 0.2) is 36.4 Å². The lowest BCUT2D eigenvalue weighted by atomic mass is 10.1. The van der Waals surface area contributed by atoms with Gasteiger partial charge in [-0.1, -0.05) is 12.1 Å². The van der Waals surface area contributed by atoms with Crippen molar-refractivity contribution in [2.24, 2.45) is 0 Å². The number of aryl methyl sites for hydroxylation is 2. The SMILES string of the molecule is COC(=O)c1ccc(C)c(NC(=O)CNc2cc(NC(C)=O)ccc2C)c1. The summed E-state index contributed by atoms with van der Waals surface area (Å²) in [6.07, 6.45) is 0. The average molecular weight is 369 g/mol. The lowest BCUT2D eigenvalue weighted by molar-refractivity contribution is -0.115. The Bertz CT molecular complexity index is 878. The number of methoxy groups -OCH3 is 1. The quantitative estimate of drug-likeness (QED) is 0.680. The van der Waals surface area contributed by atoms with Gasteiger partial charge < -0.3 is 20.7 Å². The molecule has 0 saturated carbocycles. The molecule has 2 amide bonds. The Morgan fingerprint density at radius 2 is 1.59 bits per heavy atom. The normalized spacial score (nSPS) is 10.1. The van der Waals surface area contributed by atoms with Crippen LogP contribution in [-0.4, -0.2) is 31.4 Å². The molecule has 3 N–H and O–H groups in total. The Morgan fingerprint density at radius 3 is 2.26 bits per heavy atom. The van der Waals surface area contributed by atoms with Crippen LogP contribution in [0, 0.1) is 13.8 Å². The van der Waals surface area contributed by atoms with Crippen molar-refractivity contribution < 1.29 is 19.1 Å². The highest BCUT2D eigenvalue weighted by Gasteiger charge is 2.11. The van der Waals surface area contributed by atoms with Gasteiger partial charge in [-0.2, -0.15) is 0 Å². The van der Waals surface area contributed by atoms with Crippen molar-refractivity contribution >= 4 is 34.8 Å². The molecule has 0 aromatic heterocycles. The lowest BCUT2D eigenvalue weighted by Crippen LogP contribution is -2.22. The predicted molar refractivity (Wildman–Crippen MR) is 105 cm³/mol. The molecular weight excluding hydrogens is 346 g/mol. The summed E-state index contributed by atoms with van der Waals surface area (Å²) in [7, 11) is 1.31. The summed E-state index contributed by atoms with van der Waals surface area (Å²) in [6.45, 7) is 5.21. The van der Waals surface area contributed by atoms with Crippen molar-refractivity contribution in [3.05, 3.63) is 53.1 Å². The van der Waals surface area contributed by atoms with E-state index in [2.05, 4.69) is 16.0 Å². The number of hydrogen-bond donors (Lipinski definition) is 3. The predicted octanol–water partition coefficient (Wildman–Crippen LogP) is 3.10. The Hall–Kier alpha value is -3.35. The average Bonchev–Trinajstić information content (AvgIpc) is 2.62. The van der Waals surface area contributed by atoms with E-state index in [-0.39, 0.29) is 18.4 Å². The molecule has 0 spiro atoms. The fourth-order valence-electron chi connectivity index (χ4n) is 2.46. The summed E-state index contributed by atoms with van der Waals surface area (Å²) in [5, 5.41) is 8.55. The van der Waals surface area contributed by atoms with E-state index in [4.69, 9.17) is 4.74 Å². The van der Waals surface area contributed by atoms with E-state index in [1.165, 1.54) is 14.0 Å². The summed E-state index contributed by atoms with van der Waals surface area (Å²) in [4.78, 5) is 35.1. The highest BCUT2D eigenvalue weighted by atomic mass is 16.5. The fraction of sp³-hybridized carbons (Fsp3) is 0.250. The number of ether oxygens (including phenoxy) is 1. The van der Waals surface area contributed by atoms with E-state index in [1.807, 2.05) is 19.9 Å². The van der Waals surface area contributed by atoms with Crippen molar-refractivity contribution in [3.8, 4) is 0 Å². The molecule has 7 nitrogen and oxygen atoms in total. The van der Waals surface area contributed by atoms with Crippen molar-refractivity contribution in [2.75, 3.05) is 29.6 Å². The summed E-state index contributed by atoms with van der Waals surface area (Å²) >= 11 is 0. The number of amides is 2. The number of hydrogen-bond acceptors (Lipinski definition) is 5. The molecule has 0 heterocycles. The summed E-state index contributed by atoms with van der Waals surface area (Å²) in [5.74, 6) is -0.887. The van der Waals surface area contributed by atoms with E-state index < -0.39 is 5.97 Å². The van der Waals surface area contributed by atoms with E-state index in [9.17, 15) is 14.4 Å². The molecule has 27 heavy (non-hydrogen) atoms. The maximum absolute atomic E-state index is 12.3. The first-order valence-electron chi connectivity index (χ1n) is 8.41. The van der Waals surface area contributed by atoms with E-state index in [0.29, 0.717) is 16.9 Å². The molecule has 0 fully saturated rings. The van der Waals surface area contributed by atoms with Gasteiger partial charge in [0.25, 0.3) is 0 Å². The number of carbonyl (C=O) groups is 3. The number of esters is 1. The summed E-state index contributed by atoms with van der Waals surface area (Å²) in [5.41, 5.74) is 4.09. The van der Waals surface area contributed by atoms with Gasteiger partial charge in [0.05, 0.1) is 19.2 Å². The van der Waals surface area contributed by atoms with E-state index >= 15 is 0 Å². The first-order chi connectivity index (χ1) is 12.8. The highest BCUT2D eigenvalue weighted by molar-refractivity contribution is 5.97. The minimum absolute atomic E-state index is 0.0340.